The van der Waals surface area contributed by atoms with Gasteiger partial charge in [-0.3, -0.25) is 4.79 Å². The molecule has 1 aromatic rings. The van der Waals surface area contributed by atoms with Crippen LogP contribution in [0.3, 0.4) is 0 Å². The first-order valence-corrected chi connectivity index (χ1v) is 5.01. The molecule has 0 bridgehead atoms. The fourth-order valence-electron chi connectivity index (χ4n) is 1.25. The molecule has 0 aromatic carbocycles. The van der Waals surface area contributed by atoms with Gasteiger partial charge in [0.05, 0.1) is 6.54 Å². The van der Waals surface area contributed by atoms with Gasteiger partial charge in [-0.25, -0.2) is 0 Å². The number of aromatic hydroxyl groups is 1. The van der Waals surface area contributed by atoms with E-state index in [9.17, 15) is 9.90 Å². The first-order valence-electron chi connectivity index (χ1n) is 5.01. The van der Waals surface area contributed by atoms with Gasteiger partial charge in [-0.2, -0.15) is 0 Å². The van der Waals surface area contributed by atoms with Crippen molar-refractivity contribution in [2.75, 3.05) is 0 Å². The van der Waals surface area contributed by atoms with Crippen LogP contribution in [0.2, 0.25) is 0 Å². The Bertz CT molecular complexity index is 481. The summed E-state index contributed by atoms with van der Waals surface area (Å²) in [5, 5.41) is 9.27. The summed E-state index contributed by atoms with van der Waals surface area (Å²) in [5.74, 6) is -0.239. The molecule has 0 fully saturated rings. The number of pyridine rings is 1. The Morgan fingerprint density at radius 3 is 3.00 bits per heavy atom. The molecule has 1 heterocycles. The Morgan fingerprint density at radius 2 is 2.38 bits per heavy atom. The quantitative estimate of drug-likeness (QED) is 0.786. The maximum atomic E-state index is 11.5. The molecule has 3 heteroatoms. The maximum absolute atomic E-state index is 11.5. The van der Waals surface area contributed by atoms with Crippen LogP contribution in [0.1, 0.15) is 6.92 Å². The van der Waals surface area contributed by atoms with Crippen molar-refractivity contribution < 1.29 is 5.11 Å². The van der Waals surface area contributed by atoms with E-state index in [1.54, 1.807) is 18.3 Å². The minimum absolute atomic E-state index is 0.239. The SMILES string of the molecule is C=C/C(=C\C=C/C)Cn1cccc(O)c1=O. The second-order valence-electron chi connectivity index (χ2n) is 3.30. The Hall–Kier alpha value is -2.03. The molecule has 3 nitrogen and oxygen atoms in total. The van der Waals surface area contributed by atoms with Gasteiger partial charge < -0.3 is 9.67 Å². The van der Waals surface area contributed by atoms with Crippen molar-refractivity contribution in [2.24, 2.45) is 0 Å². The molecule has 0 aliphatic rings. The molecule has 0 amide bonds. The summed E-state index contributed by atoms with van der Waals surface area (Å²) in [7, 11) is 0. The number of allylic oxidation sites excluding steroid dienone is 5. The van der Waals surface area contributed by atoms with E-state index in [1.807, 2.05) is 25.2 Å². The smallest absolute Gasteiger partial charge is 0.292 e. The number of aromatic nitrogens is 1. The predicted octanol–water partition coefficient (Wildman–Crippen LogP) is 2.24. The molecule has 0 aliphatic heterocycles. The van der Waals surface area contributed by atoms with Gasteiger partial charge in [-0.05, 0) is 24.6 Å². The van der Waals surface area contributed by atoms with Gasteiger partial charge in [-0.15, -0.1) is 0 Å². The molecule has 84 valence electrons. The molecule has 16 heavy (non-hydrogen) atoms. The summed E-state index contributed by atoms with van der Waals surface area (Å²) in [5.41, 5.74) is 0.515. The van der Waals surface area contributed by atoms with Gasteiger partial charge in [0.15, 0.2) is 5.75 Å². The summed E-state index contributed by atoms with van der Waals surface area (Å²) in [4.78, 5) is 11.5. The lowest BCUT2D eigenvalue weighted by atomic mass is 10.2. The minimum atomic E-state index is -0.393. The first-order chi connectivity index (χ1) is 7.69. The van der Waals surface area contributed by atoms with Crippen LogP contribution < -0.4 is 5.56 Å². The van der Waals surface area contributed by atoms with E-state index in [-0.39, 0.29) is 5.75 Å². The van der Waals surface area contributed by atoms with E-state index in [0.717, 1.165) is 5.57 Å². The second-order valence-corrected chi connectivity index (χ2v) is 3.30. The molecular weight excluding hydrogens is 202 g/mol. The minimum Gasteiger partial charge on any atom is -0.503 e. The standard InChI is InChI=1S/C13H15NO2/c1-3-5-7-11(4-2)10-14-9-6-8-12(15)13(14)16/h3-9,15H,2,10H2,1H3/b5-3-,11-7+. The summed E-state index contributed by atoms with van der Waals surface area (Å²) in [6.45, 7) is 6.00. The lowest BCUT2D eigenvalue weighted by Crippen LogP contribution is -2.19. The molecule has 0 unspecified atom stereocenters. The zero-order valence-corrected chi connectivity index (χ0v) is 9.26. The summed E-state index contributed by atoms with van der Waals surface area (Å²) >= 11 is 0. The van der Waals surface area contributed by atoms with E-state index in [4.69, 9.17) is 0 Å². The van der Waals surface area contributed by atoms with E-state index in [2.05, 4.69) is 6.58 Å². The van der Waals surface area contributed by atoms with Gasteiger partial charge in [0.2, 0.25) is 0 Å². The van der Waals surface area contributed by atoms with Crippen molar-refractivity contribution in [3.63, 3.8) is 0 Å². The topological polar surface area (TPSA) is 42.2 Å². The average Bonchev–Trinajstić information content (AvgIpc) is 2.30. The van der Waals surface area contributed by atoms with Gasteiger partial charge in [-0.1, -0.05) is 30.9 Å². The Labute approximate surface area is 94.7 Å². The molecule has 1 N–H and O–H groups in total. The molecular formula is C13H15NO2. The van der Waals surface area contributed by atoms with Crippen LogP contribution >= 0.6 is 0 Å². The van der Waals surface area contributed by atoms with E-state index in [0.29, 0.717) is 6.54 Å². The molecule has 1 aromatic heterocycles. The van der Waals surface area contributed by atoms with Crippen molar-refractivity contribution in [1.82, 2.24) is 4.57 Å². The molecule has 0 saturated heterocycles. The van der Waals surface area contributed by atoms with Gasteiger partial charge in [0.25, 0.3) is 5.56 Å². The summed E-state index contributed by atoms with van der Waals surface area (Å²) in [6.07, 6.45) is 8.98. The number of rotatable bonds is 4. The molecule has 0 saturated carbocycles. The highest BCUT2D eigenvalue weighted by molar-refractivity contribution is 5.23. The van der Waals surface area contributed by atoms with Gasteiger partial charge >= 0.3 is 0 Å². The Balaban J connectivity index is 2.99. The van der Waals surface area contributed by atoms with Crippen LogP contribution in [0.5, 0.6) is 5.75 Å². The van der Waals surface area contributed by atoms with E-state index < -0.39 is 5.56 Å². The Morgan fingerprint density at radius 1 is 1.62 bits per heavy atom. The van der Waals surface area contributed by atoms with Crippen LogP contribution in [0.25, 0.3) is 0 Å². The molecule has 0 radical (unpaired) electrons. The van der Waals surface area contributed by atoms with Crippen molar-refractivity contribution >= 4 is 0 Å². The fraction of sp³-hybridized carbons (Fsp3) is 0.154. The van der Waals surface area contributed by atoms with Crippen molar-refractivity contribution in [3.05, 3.63) is 65.1 Å². The predicted molar refractivity (Wildman–Crippen MR) is 65.5 cm³/mol. The van der Waals surface area contributed by atoms with Crippen LogP contribution in [0.4, 0.5) is 0 Å². The first kappa shape index (κ1) is 12.0. The third-order valence-corrected chi connectivity index (χ3v) is 2.12. The molecule has 1 rings (SSSR count). The normalized spacial score (nSPS) is 11.9. The van der Waals surface area contributed by atoms with Crippen molar-refractivity contribution in [2.45, 2.75) is 13.5 Å². The molecule has 0 spiro atoms. The highest BCUT2D eigenvalue weighted by Crippen LogP contribution is 2.03. The second kappa shape index (κ2) is 5.75. The number of hydrogen-bond acceptors (Lipinski definition) is 2. The van der Waals surface area contributed by atoms with Gasteiger partial charge in [0.1, 0.15) is 0 Å². The zero-order chi connectivity index (χ0) is 12.0. The van der Waals surface area contributed by atoms with E-state index in [1.165, 1.54) is 10.6 Å². The third-order valence-electron chi connectivity index (χ3n) is 2.12. The number of nitrogens with zero attached hydrogens (tertiary/aromatic N) is 1. The van der Waals surface area contributed by atoms with Crippen LogP contribution in [0, 0.1) is 0 Å². The highest BCUT2D eigenvalue weighted by atomic mass is 16.3. The summed E-state index contributed by atoms with van der Waals surface area (Å²) < 4.78 is 1.44. The third kappa shape index (κ3) is 2.98. The lowest BCUT2D eigenvalue weighted by molar-refractivity contribution is 0.459. The largest absolute Gasteiger partial charge is 0.503 e. The van der Waals surface area contributed by atoms with Crippen LogP contribution in [-0.4, -0.2) is 9.67 Å². The van der Waals surface area contributed by atoms with E-state index >= 15 is 0 Å². The monoisotopic (exact) mass is 217 g/mol. The highest BCUT2D eigenvalue weighted by Gasteiger charge is 2.01. The molecule has 0 aliphatic carbocycles. The zero-order valence-electron chi connectivity index (χ0n) is 9.26. The Kier molecular flexibility index (Phi) is 4.33. The maximum Gasteiger partial charge on any atom is 0.292 e. The average molecular weight is 217 g/mol. The van der Waals surface area contributed by atoms with Crippen molar-refractivity contribution in [3.8, 4) is 5.75 Å². The lowest BCUT2D eigenvalue weighted by Gasteiger charge is -2.05. The van der Waals surface area contributed by atoms with Gasteiger partial charge in [0, 0.05) is 6.20 Å². The van der Waals surface area contributed by atoms with Crippen LogP contribution in [-0.2, 0) is 6.54 Å². The fourth-order valence-corrected chi connectivity index (χ4v) is 1.25. The number of hydrogen-bond donors (Lipinski definition) is 1. The molecule has 0 atom stereocenters. The van der Waals surface area contributed by atoms with Crippen molar-refractivity contribution in [1.29, 1.82) is 0 Å². The summed E-state index contributed by atoms with van der Waals surface area (Å²) in [6, 6.07) is 3.01. The van der Waals surface area contributed by atoms with Crippen LogP contribution in [0.15, 0.2) is 59.6 Å².